The molecule has 1 aromatic carbocycles. The maximum Gasteiger partial charge on any atom is 0.119 e. The number of benzene rings is 1. The van der Waals surface area contributed by atoms with Gasteiger partial charge in [-0.15, -0.1) is 0 Å². The van der Waals surface area contributed by atoms with E-state index in [0.717, 1.165) is 39.2 Å². The van der Waals surface area contributed by atoms with Gasteiger partial charge in [-0.25, -0.2) is 0 Å². The molecular weight excluding hydrogens is 224 g/mol. The Kier molecular flexibility index (Phi) is 3.16. The predicted octanol–water partition coefficient (Wildman–Crippen LogP) is 3.57. The highest BCUT2D eigenvalue weighted by molar-refractivity contribution is 5.95. The Morgan fingerprint density at radius 1 is 1.22 bits per heavy atom. The minimum Gasteiger partial charge on any atom is -0.497 e. The molecule has 0 aliphatic rings. The van der Waals surface area contributed by atoms with E-state index in [1.807, 2.05) is 26.0 Å². The topological polar surface area (TPSA) is 48.1 Å². The zero-order chi connectivity index (χ0) is 13.4. The van der Waals surface area contributed by atoms with Gasteiger partial charge in [-0.3, -0.25) is 4.98 Å². The summed E-state index contributed by atoms with van der Waals surface area (Å²) >= 11 is 0. The van der Waals surface area contributed by atoms with Gasteiger partial charge in [0.25, 0.3) is 0 Å². The summed E-state index contributed by atoms with van der Waals surface area (Å²) in [4.78, 5) is 4.70. The quantitative estimate of drug-likeness (QED) is 0.878. The molecule has 0 aliphatic carbocycles. The second-order valence-corrected chi connectivity index (χ2v) is 5.02. The highest BCUT2D eigenvalue weighted by atomic mass is 16.5. The summed E-state index contributed by atoms with van der Waals surface area (Å²) in [5, 5.41) is 0.987. The average molecular weight is 244 g/mol. The highest BCUT2D eigenvalue weighted by Crippen LogP contribution is 2.34. The fourth-order valence-corrected chi connectivity index (χ4v) is 2.51. The maximum absolute atomic E-state index is 6.32. The first-order chi connectivity index (χ1) is 8.45. The van der Waals surface area contributed by atoms with Crippen molar-refractivity contribution >= 4 is 16.6 Å². The zero-order valence-corrected chi connectivity index (χ0v) is 11.7. The van der Waals surface area contributed by atoms with Crippen molar-refractivity contribution in [3.8, 4) is 5.75 Å². The number of nitrogen functional groups attached to an aromatic ring is 1. The summed E-state index contributed by atoms with van der Waals surface area (Å²) in [5.41, 5.74) is 11.4. The molecule has 0 fully saturated rings. The third kappa shape index (κ3) is 1.90. The number of rotatable bonds is 2. The Morgan fingerprint density at radius 2 is 1.89 bits per heavy atom. The van der Waals surface area contributed by atoms with Crippen LogP contribution in [0.5, 0.6) is 5.75 Å². The summed E-state index contributed by atoms with van der Waals surface area (Å²) in [7, 11) is 1.67. The fraction of sp³-hybridized carbons (Fsp3) is 0.400. The number of anilines is 1. The van der Waals surface area contributed by atoms with E-state index in [1.165, 1.54) is 0 Å². The predicted molar refractivity (Wildman–Crippen MR) is 76.3 cm³/mol. The van der Waals surface area contributed by atoms with Crippen LogP contribution in [-0.4, -0.2) is 12.1 Å². The van der Waals surface area contributed by atoms with Crippen LogP contribution in [0.4, 0.5) is 5.69 Å². The van der Waals surface area contributed by atoms with E-state index < -0.39 is 0 Å². The fourth-order valence-electron chi connectivity index (χ4n) is 2.51. The molecule has 0 saturated heterocycles. The third-order valence-corrected chi connectivity index (χ3v) is 3.34. The first-order valence-corrected chi connectivity index (χ1v) is 6.20. The lowest BCUT2D eigenvalue weighted by Gasteiger charge is -2.16. The Balaban J connectivity index is 2.87. The molecule has 2 N–H and O–H groups in total. The number of aryl methyl sites for hydroxylation is 2. The van der Waals surface area contributed by atoms with Crippen molar-refractivity contribution in [3.63, 3.8) is 0 Å². The minimum atomic E-state index is 0.369. The van der Waals surface area contributed by atoms with Crippen molar-refractivity contribution in [1.29, 1.82) is 0 Å². The standard InChI is InChI=1S/C15H20N2O/c1-8(2)13-10(4)17-15-9(3)6-11(18-5)7-12(15)14(13)16/h6-8H,1-5H3,(H2,16,17). The highest BCUT2D eigenvalue weighted by Gasteiger charge is 2.15. The van der Waals surface area contributed by atoms with E-state index in [4.69, 9.17) is 15.5 Å². The van der Waals surface area contributed by atoms with Crippen molar-refractivity contribution in [2.75, 3.05) is 12.8 Å². The van der Waals surface area contributed by atoms with E-state index in [0.29, 0.717) is 5.92 Å². The van der Waals surface area contributed by atoms with Gasteiger partial charge in [0.05, 0.1) is 12.6 Å². The summed E-state index contributed by atoms with van der Waals surface area (Å²) in [6.45, 7) is 8.33. The second kappa shape index (κ2) is 4.48. The van der Waals surface area contributed by atoms with Gasteiger partial charge < -0.3 is 10.5 Å². The molecule has 96 valence electrons. The summed E-state index contributed by atoms with van der Waals surface area (Å²) < 4.78 is 5.31. The molecule has 0 saturated carbocycles. The van der Waals surface area contributed by atoms with Crippen LogP contribution < -0.4 is 10.5 Å². The minimum absolute atomic E-state index is 0.369. The van der Waals surface area contributed by atoms with E-state index in [1.54, 1.807) is 7.11 Å². The van der Waals surface area contributed by atoms with Gasteiger partial charge in [-0.05, 0) is 43.0 Å². The van der Waals surface area contributed by atoms with Crippen molar-refractivity contribution < 1.29 is 4.74 Å². The Bertz CT molecular complexity index is 603. The van der Waals surface area contributed by atoms with Gasteiger partial charge in [0.2, 0.25) is 0 Å². The van der Waals surface area contributed by atoms with Crippen LogP contribution in [0.15, 0.2) is 12.1 Å². The molecule has 0 unspecified atom stereocenters. The maximum atomic E-state index is 6.32. The van der Waals surface area contributed by atoms with E-state index in [2.05, 4.69) is 13.8 Å². The largest absolute Gasteiger partial charge is 0.497 e. The number of hydrogen-bond donors (Lipinski definition) is 1. The van der Waals surface area contributed by atoms with E-state index in [-0.39, 0.29) is 0 Å². The molecule has 0 amide bonds. The second-order valence-electron chi connectivity index (χ2n) is 5.02. The molecule has 0 aliphatic heterocycles. The van der Waals surface area contributed by atoms with E-state index in [9.17, 15) is 0 Å². The third-order valence-electron chi connectivity index (χ3n) is 3.34. The summed E-state index contributed by atoms with van der Waals surface area (Å²) in [6, 6.07) is 3.96. The summed E-state index contributed by atoms with van der Waals surface area (Å²) in [5.74, 6) is 1.19. The van der Waals surface area contributed by atoms with Crippen LogP contribution in [-0.2, 0) is 0 Å². The molecule has 0 atom stereocenters. The molecular formula is C15H20N2O. The Morgan fingerprint density at radius 3 is 2.44 bits per heavy atom. The molecule has 3 heteroatoms. The van der Waals surface area contributed by atoms with Gasteiger partial charge >= 0.3 is 0 Å². The molecule has 1 heterocycles. The van der Waals surface area contributed by atoms with E-state index >= 15 is 0 Å². The van der Waals surface area contributed by atoms with Crippen LogP contribution in [0.2, 0.25) is 0 Å². The first kappa shape index (κ1) is 12.7. The van der Waals surface area contributed by atoms with Crippen molar-refractivity contribution in [3.05, 3.63) is 29.0 Å². The Labute approximate surface area is 108 Å². The lowest BCUT2D eigenvalue weighted by Crippen LogP contribution is -2.04. The lowest BCUT2D eigenvalue weighted by molar-refractivity contribution is 0.415. The summed E-state index contributed by atoms with van der Waals surface area (Å²) in [6.07, 6.45) is 0. The van der Waals surface area contributed by atoms with Gasteiger partial charge in [-0.1, -0.05) is 13.8 Å². The van der Waals surface area contributed by atoms with Gasteiger partial charge in [0.1, 0.15) is 5.75 Å². The molecule has 2 rings (SSSR count). The number of nitrogens with zero attached hydrogens (tertiary/aromatic N) is 1. The first-order valence-electron chi connectivity index (χ1n) is 6.20. The van der Waals surface area contributed by atoms with Crippen LogP contribution in [0.25, 0.3) is 10.9 Å². The molecule has 0 bridgehead atoms. The molecule has 3 nitrogen and oxygen atoms in total. The monoisotopic (exact) mass is 244 g/mol. The van der Waals surface area contributed by atoms with Gasteiger partial charge in [0.15, 0.2) is 0 Å². The average Bonchev–Trinajstić information content (AvgIpc) is 2.29. The smallest absolute Gasteiger partial charge is 0.119 e. The number of hydrogen-bond acceptors (Lipinski definition) is 3. The SMILES string of the molecule is COc1cc(C)c2nc(C)c(C(C)C)c(N)c2c1. The molecule has 0 spiro atoms. The number of nitrogens with two attached hydrogens (primary N) is 1. The number of pyridine rings is 1. The van der Waals surface area contributed by atoms with Crippen LogP contribution in [0.1, 0.15) is 36.6 Å². The molecule has 0 radical (unpaired) electrons. The molecule has 18 heavy (non-hydrogen) atoms. The van der Waals surface area contributed by atoms with Gasteiger partial charge in [0, 0.05) is 16.8 Å². The Hall–Kier alpha value is -1.77. The number of fused-ring (bicyclic) bond motifs is 1. The van der Waals surface area contributed by atoms with Crippen LogP contribution in [0, 0.1) is 13.8 Å². The number of ether oxygens (including phenoxy) is 1. The van der Waals surface area contributed by atoms with Gasteiger partial charge in [-0.2, -0.15) is 0 Å². The number of methoxy groups -OCH3 is 1. The van der Waals surface area contributed by atoms with Crippen molar-refractivity contribution in [1.82, 2.24) is 4.98 Å². The van der Waals surface area contributed by atoms with Crippen molar-refractivity contribution in [2.45, 2.75) is 33.6 Å². The van der Waals surface area contributed by atoms with Crippen LogP contribution >= 0.6 is 0 Å². The lowest BCUT2D eigenvalue weighted by atomic mass is 9.96. The zero-order valence-electron chi connectivity index (χ0n) is 11.7. The van der Waals surface area contributed by atoms with Crippen molar-refractivity contribution in [2.24, 2.45) is 0 Å². The van der Waals surface area contributed by atoms with Crippen LogP contribution in [0.3, 0.4) is 0 Å². The molecule has 1 aromatic heterocycles. The normalized spacial score (nSPS) is 11.2. The molecule has 2 aromatic rings. The number of aromatic nitrogens is 1.